The molecule has 5 atom stereocenters. The average Bonchev–Trinajstić information content (AvgIpc) is 3.26. The number of nitrogens with two attached hydrogens (primary N) is 1. The maximum atomic E-state index is 11.9. The predicted molar refractivity (Wildman–Crippen MR) is 84.3 cm³/mol. The van der Waals surface area contributed by atoms with Crippen LogP contribution >= 0.6 is 7.82 Å². The molecule has 0 spiro atoms. The Bertz CT molecular complexity index is 861. The van der Waals surface area contributed by atoms with Crippen LogP contribution in [0.3, 0.4) is 0 Å². The number of anilines is 1. The molecule has 11 nitrogen and oxygen atoms in total. The summed E-state index contributed by atoms with van der Waals surface area (Å²) in [5.74, 6) is 0.255. The molecule has 2 aliphatic rings. The minimum atomic E-state index is -4.20. The van der Waals surface area contributed by atoms with Crippen molar-refractivity contribution in [3.05, 3.63) is 12.7 Å². The standard InChI is InChI=1S/C13H18N5O6P/c1-3-13-4-22-8(9(13)24-25(19,20)21-2)12(23-13)18-6-17-7-10(14)15-5-16-11(7)18/h5-6,8-9,12H,3-4H2,1-2H3,(H,19,20)(H2,14,15,16)/t8?,9?,12-,13+/m1/s1. The lowest BCUT2D eigenvalue weighted by molar-refractivity contribution is -0.173. The van der Waals surface area contributed by atoms with Crippen LogP contribution in [-0.2, 0) is 23.1 Å². The van der Waals surface area contributed by atoms with Gasteiger partial charge in [-0.15, -0.1) is 0 Å². The van der Waals surface area contributed by atoms with Crippen molar-refractivity contribution in [1.82, 2.24) is 19.5 Å². The maximum absolute atomic E-state index is 11.9. The highest BCUT2D eigenvalue weighted by atomic mass is 31.2. The fourth-order valence-electron chi connectivity index (χ4n) is 3.35. The van der Waals surface area contributed by atoms with E-state index in [1.165, 1.54) is 12.7 Å². The second kappa shape index (κ2) is 5.70. The number of rotatable bonds is 5. The second-order valence-electron chi connectivity index (χ2n) is 5.96. The Morgan fingerprint density at radius 1 is 1.52 bits per heavy atom. The molecule has 136 valence electrons. The monoisotopic (exact) mass is 371 g/mol. The molecule has 2 aliphatic heterocycles. The molecule has 2 bridgehead atoms. The molecule has 3 N–H and O–H groups in total. The van der Waals surface area contributed by atoms with Crippen LogP contribution in [0, 0.1) is 0 Å². The lowest BCUT2D eigenvalue weighted by Crippen LogP contribution is -2.40. The quantitative estimate of drug-likeness (QED) is 0.717. The minimum absolute atomic E-state index is 0.253. The maximum Gasteiger partial charge on any atom is 0.472 e. The summed E-state index contributed by atoms with van der Waals surface area (Å²) in [6.07, 6.45) is 1.37. The molecule has 0 saturated carbocycles. The third-order valence-electron chi connectivity index (χ3n) is 4.71. The first-order valence-corrected chi connectivity index (χ1v) is 9.19. The Hall–Kier alpha value is -1.62. The SMILES string of the molecule is CC[C@]12COC(C1OP(=O)(O)OC)[C@H](n1cnc3c(N)ncnc31)O2. The van der Waals surface area contributed by atoms with Gasteiger partial charge in [-0.2, -0.15) is 0 Å². The summed E-state index contributed by atoms with van der Waals surface area (Å²) in [5.41, 5.74) is 5.88. The summed E-state index contributed by atoms with van der Waals surface area (Å²) < 4.78 is 35.4. The van der Waals surface area contributed by atoms with Gasteiger partial charge < -0.3 is 20.1 Å². The first-order valence-electron chi connectivity index (χ1n) is 7.70. The van der Waals surface area contributed by atoms with Crippen LogP contribution in [0.1, 0.15) is 19.6 Å². The number of hydrogen-bond acceptors (Lipinski definition) is 9. The van der Waals surface area contributed by atoms with Crippen molar-refractivity contribution in [2.75, 3.05) is 19.5 Å². The first-order chi connectivity index (χ1) is 11.9. The molecular formula is C13H18N5O6P. The van der Waals surface area contributed by atoms with Gasteiger partial charge in [0.15, 0.2) is 17.7 Å². The number of hydrogen-bond donors (Lipinski definition) is 2. The van der Waals surface area contributed by atoms with E-state index in [2.05, 4.69) is 19.5 Å². The van der Waals surface area contributed by atoms with E-state index in [4.69, 9.17) is 19.7 Å². The first kappa shape index (κ1) is 16.8. The van der Waals surface area contributed by atoms with Gasteiger partial charge in [-0.1, -0.05) is 6.92 Å². The summed E-state index contributed by atoms with van der Waals surface area (Å²) in [6, 6.07) is 0. The highest BCUT2D eigenvalue weighted by molar-refractivity contribution is 7.47. The van der Waals surface area contributed by atoms with Crippen molar-refractivity contribution < 1.29 is 28.0 Å². The van der Waals surface area contributed by atoms with Crippen molar-refractivity contribution >= 4 is 24.8 Å². The van der Waals surface area contributed by atoms with Crippen LogP contribution in [0.2, 0.25) is 0 Å². The lowest BCUT2D eigenvalue weighted by atomic mass is 9.96. The van der Waals surface area contributed by atoms with Gasteiger partial charge in [0.05, 0.1) is 12.9 Å². The van der Waals surface area contributed by atoms with E-state index < -0.39 is 31.9 Å². The number of ether oxygens (including phenoxy) is 2. The summed E-state index contributed by atoms with van der Waals surface area (Å²) in [4.78, 5) is 22.0. The Labute approximate surface area is 142 Å². The van der Waals surface area contributed by atoms with Crippen LogP contribution < -0.4 is 5.73 Å². The van der Waals surface area contributed by atoms with Crippen molar-refractivity contribution in [2.24, 2.45) is 0 Å². The summed E-state index contributed by atoms with van der Waals surface area (Å²) >= 11 is 0. The highest BCUT2D eigenvalue weighted by Gasteiger charge is 2.63. The Morgan fingerprint density at radius 3 is 3.04 bits per heavy atom. The van der Waals surface area contributed by atoms with Gasteiger partial charge in [-0.05, 0) is 6.42 Å². The largest absolute Gasteiger partial charge is 0.472 e. The fraction of sp³-hybridized carbons (Fsp3) is 0.615. The van der Waals surface area contributed by atoms with Crippen molar-refractivity contribution in [3.63, 3.8) is 0 Å². The Kier molecular flexibility index (Phi) is 3.83. The second-order valence-corrected chi connectivity index (χ2v) is 7.48. The van der Waals surface area contributed by atoms with E-state index in [1.807, 2.05) is 6.92 Å². The Balaban J connectivity index is 1.73. The molecule has 0 amide bonds. The number of nitrogen functional groups attached to an aromatic ring is 1. The van der Waals surface area contributed by atoms with E-state index in [0.717, 1.165) is 7.11 Å². The molecule has 0 aliphatic carbocycles. The van der Waals surface area contributed by atoms with Gasteiger partial charge in [0, 0.05) is 7.11 Å². The molecule has 2 aromatic rings. The smallest absolute Gasteiger partial charge is 0.382 e. The zero-order chi connectivity index (χ0) is 17.8. The van der Waals surface area contributed by atoms with Crippen molar-refractivity contribution in [3.8, 4) is 0 Å². The number of phosphoric ester groups is 1. The van der Waals surface area contributed by atoms with Gasteiger partial charge in [-0.25, -0.2) is 19.5 Å². The zero-order valence-corrected chi connectivity index (χ0v) is 14.5. The number of imidazole rings is 1. The number of nitrogens with zero attached hydrogens (tertiary/aromatic N) is 4. The molecule has 3 unspecified atom stereocenters. The van der Waals surface area contributed by atoms with Crippen LogP contribution in [0.4, 0.5) is 5.82 Å². The lowest BCUT2D eigenvalue weighted by Gasteiger charge is -2.30. The van der Waals surface area contributed by atoms with Crippen LogP contribution in [0.25, 0.3) is 11.2 Å². The van der Waals surface area contributed by atoms with Gasteiger partial charge in [0.1, 0.15) is 29.7 Å². The van der Waals surface area contributed by atoms with E-state index in [1.54, 1.807) is 4.57 Å². The van der Waals surface area contributed by atoms with E-state index in [-0.39, 0.29) is 12.4 Å². The third-order valence-corrected chi connectivity index (χ3v) is 5.67. The van der Waals surface area contributed by atoms with E-state index in [9.17, 15) is 9.46 Å². The third kappa shape index (κ3) is 2.47. The fourth-order valence-corrected chi connectivity index (χ4v) is 4.03. The summed E-state index contributed by atoms with van der Waals surface area (Å²) in [6.45, 7) is 2.15. The van der Waals surface area contributed by atoms with Crippen LogP contribution in [-0.4, -0.2) is 55.9 Å². The number of phosphoric acid groups is 1. The van der Waals surface area contributed by atoms with Gasteiger partial charge >= 0.3 is 7.82 Å². The van der Waals surface area contributed by atoms with Crippen LogP contribution in [0.15, 0.2) is 12.7 Å². The molecule has 2 saturated heterocycles. The molecule has 4 heterocycles. The van der Waals surface area contributed by atoms with Crippen LogP contribution in [0.5, 0.6) is 0 Å². The Morgan fingerprint density at radius 2 is 2.32 bits per heavy atom. The minimum Gasteiger partial charge on any atom is -0.382 e. The molecule has 0 radical (unpaired) electrons. The van der Waals surface area contributed by atoms with E-state index >= 15 is 0 Å². The van der Waals surface area contributed by atoms with Gasteiger partial charge in [-0.3, -0.25) is 13.6 Å². The topological polar surface area (TPSA) is 144 Å². The molecule has 2 fully saturated rings. The van der Waals surface area contributed by atoms with Crippen molar-refractivity contribution in [2.45, 2.75) is 37.4 Å². The van der Waals surface area contributed by atoms with Crippen molar-refractivity contribution in [1.29, 1.82) is 0 Å². The van der Waals surface area contributed by atoms with Gasteiger partial charge in [0.2, 0.25) is 0 Å². The summed E-state index contributed by atoms with van der Waals surface area (Å²) in [7, 11) is -3.09. The number of fused-ring (bicyclic) bond motifs is 3. The zero-order valence-electron chi connectivity index (χ0n) is 13.6. The van der Waals surface area contributed by atoms with E-state index in [0.29, 0.717) is 17.6 Å². The molecule has 12 heteroatoms. The molecule has 4 rings (SSSR count). The average molecular weight is 371 g/mol. The molecule has 0 aromatic carbocycles. The normalized spacial score (nSPS) is 33.8. The summed E-state index contributed by atoms with van der Waals surface area (Å²) in [5, 5.41) is 0. The number of aromatic nitrogens is 4. The molecule has 25 heavy (non-hydrogen) atoms. The molecule has 2 aromatic heterocycles. The highest BCUT2D eigenvalue weighted by Crippen LogP contribution is 2.55. The van der Waals surface area contributed by atoms with Gasteiger partial charge in [0.25, 0.3) is 0 Å². The predicted octanol–water partition coefficient (Wildman–Crippen LogP) is 0.617. The molecular weight excluding hydrogens is 353 g/mol.